The Morgan fingerprint density at radius 3 is 2.50 bits per heavy atom. The molecule has 0 heterocycles. The minimum Gasteiger partial charge on any atom is -0.370 e. The normalized spacial score (nSPS) is 11.6. The second kappa shape index (κ2) is 6.43. The minimum absolute atomic E-state index is 0.0127. The van der Waals surface area contributed by atoms with Crippen LogP contribution in [0.15, 0.2) is 22.7 Å². The molecule has 0 aromatic heterocycles. The third-order valence-electron chi connectivity index (χ3n) is 3.40. The molecule has 0 fully saturated rings. The molecule has 0 saturated heterocycles. The monoisotopic (exact) mass is 316 g/mol. The van der Waals surface area contributed by atoms with Crippen LogP contribution in [0.25, 0.3) is 0 Å². The maximum atomic E-state index is 13.2. The van der Waals surface area contributed by atoms with Crippen LogP contribution >= 0.6 is 15.9 Å². The van der Waals surface area contributed by atoms with E-state index in [0.717, 1.165) is 4.47 Å². The lowest BCUT2D eigenvalue weighted by molar-refractivity contribution is -0.141. The summed E-state index contributed by atoms with van der Waals surface area (Å²) in [6.07, 6.45) is 1.41. The first kappa shape index (κ1) is 15.3. The van der Waals surface area contributed by atoms with Gasteiger partial charge in [0.25, 0.3) is 0 Å². The fourth-order valence-electron chi connectivity index (χ4n) is 2.06. The molecule has 0 amide bonds. The van der Waals surface area contributed by atoms with E-state index in [4.69, 9.17) is 4.74 Å². The predicted molar refractivity (Wildman–Crippen MR) is 73.1 cm³/mol. The SMILES string of the molecule is CCC(CC)(OC)C(=O)Cc1cc(F)ccc1Br. The van der Waals surface area contributed by atoms with Crippen molar-refractivity contribution in [3.05, 3.63) is 34.1 Å². The van der Waals surface area contributed by atoms with Gasteiger partial charge in [0.15, 0.2) is 5.78 Å². The van der Waals surface area contributed by atoms with E-state index in [9.17, 15) is 9.18 Å². The van der Waals surface area contributed by atoms with E-state index in [0.29, 0.717) is 18.4 Å². The molecule has 100 valence electrons. The molecule has 0 saturated carbocycles. The van der Waals surface area contributed by atoms with Crippen molar-refractivity contribution in [2.24, 2.45) is 0 Å². The van der Waals surface area contributed by atoms with Crippen molar-refractivity contribution in [3.63, 3.8) is 0 Å². The zero-order chi connectivity index (χ0) is 13.8. The van der Waals surface area contributed by atoms with Crippen molar-refractivity contribution in [1.29, 1.82) is 0 Å². The van der Waals surface area contributed by atoms with Crippen LogP contribution in [0.2, 0.25) is 0 Å². The Morgan fingerprint density at radius 2 is 2.00 bits per heavy atom. The number of hydrogen-bond donors (Lipinski definition) is 0. The van der Waals surface area contributed by atoms with Gasteiger partial charge in [-0.15, -0.1) is 0 Å². The number of carbonyl (C=O) groups is 1. The summed E-state index contributed by atoms with van der Waals surface area (Å²) in [5, 5.41) is 0. The number of ether oxygens (including phenoxy) is 1. The fourth-order valence-corrected chi connectivity index (χ4v) is 2.45. The van der Waals surface area contributed by atoms with Gasteiger partial charge >= 0.3 is 0 Å². The van der Waals surface area contributed by atoms with Crippen molar-refractivity contribution in [3.8, 4) is 0 Å². The summed E-state index contributed by atoms with van der Waals surface area (Å²) in [6.45, 7) is 3.84. The Balaban J connectivity index is 2.96. The zero-order valence-electron chi connectivity index (χ0n) is 10.9. The summed E-state index contributed by atoms with van der Waals surface area (Å²) in [6, 6.07) is 4.36. The van der Waals surface area contributed by atoms with Crippen LogP contribution in [-0.2, 0) is 16.0 Å². The van der Waals surface area contributed by atoms with E-state index in [1.807, 2.05) is 13.8 Å². The van der Waals surface area contributed by atoms with E-state index < -0.39 is 5.60 Å². The Labute approximate surface area is 116 Å². The molecule has 0 unspecified atom stereocenters. The molecule has 1 rings (SSSR count). The van der Waals surface area contributed by atoms with Crippen molar-refractivity contribution in [2.75, 3.05) is 7.11 Å². The molecule has 0 aliphatic heterocycles. The summed E-state index contributed by atoms with van der Waals surface area (Å²) >= 11 is 3.33. The number of benzene rings is 1. The molecule has 0 aliphatic rings. The Morgan fingerprint density at radius 1 is 1.39 bits per heavy atom. The van der Waals surface area contributed by atoms with Gasteiger partial charge in [-0.1, -0.05) is 29.8 Å². The lowest BCUT2D eigenvalue weighted by Gasteiger charge is -2.28. The summed E-state index contributed by atoms with van der Waals surface area (Å²) in [5.74, 6) is -0.349. The lowest BCUT2D eigenvalue weighted by Crippen LogP contribution is -2.40. The van der Waals surface area contributed by atoms with Crippen LogP contribution < -0.4 is 0 Å². The molecule has 1 aromatic carbocycles. The quantitative estimate of drug-likeness (QED) is 0.795. The van der Waals surface area contributed by atoms with E-state index in [1.165, 1.54) is 12.1 Å². The van der Waals surface area contributed by atoms with E-state index in [2.05, 4.69) is 15.9 Å². The smallest absolute Gasteiger partial charge is 0.168 e. The fraction of sp³-hybridized carbons (Fsp3) is 0.500. The summed E-state index contributed by atoms with van der Waals surface area (Å²) in [7, 11) is 1.55. The third kappa shape index (κ3) is 3.18. The predicted octanol–water partition coefficient (Wildman–Crippen LogP) is 3.91. The van der Waals surface area contributed by atoms with Crippen LogP contribution in [0, 0.1) is 5.82 Å². The number of ketones is 1. The second-order valence-electron chi connectivity index (χ2n) is 4.24. The number of methoxy groups -OCH3 is 1. The van der Waals surface area contributed by atoms with E-state index in [1.54, 1.807) is 13.2 Å². The molecular weight excluding hydrogens is 299 g/mol. The molecule has 18 heavy (non-hydrogen) atoms. The zero-order valence-corrected chi connectivity index (χ0v) is 12.5. The van der Waals surface area contributed by atoms with Crippen LogP contribution in [0.5, 0.6) is 0 Å². The first-order valence-electron chi connectivity index (χ1n) is 6.01. The number of carbonyl (C=O) groups excluding carboxylic acids is 1. The highest BCUT2D eigenvalue weighted by Crippen LogP contribution is 2.25. The minimum atomic E-state index is -0.758. The molecule has 0 aliphatic carbocycles. The molecule has 1 aromatic rings. The lowest BCUT2D eigenvalue weighted by atomic mass is 9.88. The van der Waals surface area contributed by atoms with Gasteiger partial charge in [-0.3, -0.25) is 4.79 Å². The summed E-state index contributed by atoms with van der Waals surface area (Å²) in [4.78, 5) is 12.3. The summed E-state index contributed by atoms with van der Waals surface area (Å²) < 4.78 is 19.3. The maximum Gasteiger partial charge on any atom is 0.168 e. The van der Waals surface area contributed by atoms with Gasteiger partial charge in [0.2, 0.25) is 0 Å². The molecule has 2 nitrogen and oxygen atoms in total. The van der Waals surface area contributed by atoms with Crippen molar-refractivity contribution in [2.45, 2.75) is 38.7 Å². The average molecular weight is 317 g/mol. The first-order chi connectivity index (χ1) is 8.49. The highest BCUT2D eigenvalue weighted by Gasteiger charge is 2.34. The standard InChI is InChI=1S/C14H18BrFO2/c1-4-14(5-2,18-3)13(17)9-10-8-11(16)6-7-12(10)15/h6-8H,4-5,9H2,1-3H3. The molecule has 0 spiro atoms. The van der Waals surface area contributed by atoms with Gasteiger partial charge in [-0.2, -0.15) is 0 Å². The van der Waals surface area contributed by atoms with Crippen LogP contribution in [0.4, 0.5) is 4.39 Å². The van der Waals surface area contributed by atoms with Crippen molar-refractivity contribution >= 4 is 21.7 Å². The van der Waals surface area contributed by atoms with E-state index in [-0.39, 0.29) is 18.0 Å². The Bertz CT molecular complexity index is 420. The molecule has 0 bridgehead atoms. The van der Waals surface area contributed by atoms with Gasteiger partial charge in [0.05, 0.1) is 0 Å². The maximum absolute atomic E-state index is 13.2. The van der Waals surface area contributed by atoms with Gasteiger partial charge < -0.3 is 4.74 Å². The molecular formula is C14H18BrFO2. The number of hydrogen-bond acceptors (Lipinski definition) is 2. The van der Waals surface area contributed by atoms with E-state index >= 15 is 0 Å². The molecule has 0 N–H and O–H groups in total. The summed E-state index contributed by atoms with van der Waals surface area (Å²) in [5.41, 5.74) is -0.102. The van der Waals surface area contributed by atoms with Crippen molar-refractivity contribution < 1.29 is 13.9 Å². The number of rotatable bonds is 6. The Hall–Kier alpha value is -0.740. The topological polar surface area (TPSA) is 26.3 Å². The van der Waals surface area contributed by atoms with Gasteiger partial charge in [-0.05, 0) is 36.6 Å². The highest BCUT2D eigenvalue weighted by molar-refractivity contribution is 9.10. The van der Waals surface area contributed by atoms with Gasteiger partial charge in [0.1, 0.15) is 11.4 Å². The number of halogens is 2. The molecule has 0 atom stereocenters. The van der Waals surface area contributed by atoms with Crippen LogP contribution in [-0.4, -0.2) is 18.5 Å². The third-order valence-corrected chi connectivity index (χ3v) is 4.17. The molecule has 0 radical (unpaired) electrons. The average Bonchev–Trinajstić information content (AvgIpc) is 2.37. The van der Waals surface area contributed by atoms with Crippen LogP contribution in [0.3, 0.4) is 0 Å². The highest BCUT2D eigenvalue weighted by atomic mass is 79.9. The van der Waals surface area contributed by atoms with Gasteiger partial charge in [-0.25, -0.2) is 4.39 Å². The number of Topliss-reactive ketones (excluding diaryl/α,β-unsaturated/α-hetero) is 1. The largest absolute Gasteiger partial charge is 0.370 e. The van der Waals surface area contributed by atoms with Crippen molar-refractivity contribution in [1.82, 2.24) is 0 Å². The first-order valence-corrected chi connectivity index (χ1v) is 6.80. The second-order valence-corrected chi connectivity index (χ2v) is 5.10. The molecule has 4 heteroatoms. The van der Waals surface area contributed by atoms with Gasteiger partial charge in [0, 0.05) is 18.0 Å². The Kier molecular flexibility index (Phi) is 5.47. The van der Waals surface area contributed by atoms with Crippen LogP contribution in [0.1, 0.15) is 32.3 Å².